The Hall–Kier alpha value is -2.17. The molecule has 0 fully saturated rings. The summed E-state index contributed by atoms with van der Waals surface area (Å²) in [6.07, 6.45) is 2.95. The van der Waals surface area contributed by atoms with Crippen molar-refractivity contribution in [3.05, 3.63) is 47.4 Å². The first-order valence-electron chi connectivity index (χ1n) is 5.25. The van der Waals surface area contributed by atoms with Gasteiger partial charge in [-0.15, -0.1) is 0 Å². The molecule has 0 aliphatic heterocycles. The molecule has 0 radical (unpaired) electrons. The van der Waals surface area contributed by atoms with E-state index in [0.29, 0.717) is 24.4 Å². The van der Waals surface area contributed by atoms with Crippen molar-refractivity contribution >= 4 is 5.97 Å². The second-order valence-corrected chi connectivity index (χ2v) is 3.68. The molecule has 0 unspecified atom stereocenters. The van der Waals surface area contributed by atoms with Gasteiger partial charge in [-0.2, -0.15) is 0 Å². The molecule has 2 aromatic heterocycles. The summed E-state index contributed by atoms with van der Waals surface area (Å²) in [5.41, 5.74) is 0.748. The first kappa shape index (κ1) is 11.3. The summed E-state index contributed by atoms with van der Waals surface area (Å²) in [4.78, 5) is 18.9. The van der Waals surface area contributed by atoms with Crippen LogP contribution in [0.2, 0.25) is 0 Å². The zero-order chi connectivity index (χ0) is 12.3. The van der Waals surface area contributed by atoms with Gasteiger partial charge in [0.1, 0.15) is 11.6 Å². The minimum absolute atomic E-state index is 0.0342. The third kappa shape index (κ3) is 2.90. The topological polar surface area (TPSA) is 76.2 Å². The highest BCUT2D eigenvalue weighted by Gasteiger charge is 2.08. The van der Waals surface area contributed by atoms with Crippen molar-refractivity contribution in [2.24, 2.45) is 0 Å². The van der Waals surface area contributed by atoms with E-state index in [1.54, 1.807) is 13.2 Å². The third-order valence-corrected chi connectivity index (χ3v) is 2.32. The van der Waals surface area contributed by atoms with Crippen molar-refractivity contribution in [3.8, 4) is 0 Å². The van der Waals surface area contributed by atoms with Gasteiger partial charge < -0.3 is 9.52 Å². The molecule has 2 aromatic rings. The predicted molar refractivity (Wildman–Crippen MR) is 59.8 cm³/mol. The van der Waals surface area contributed by atoms with Crippen LogP contribution in [0.25, 0.3) is 0 Å². The summed E-state index contributed by atoms with van der Waals surface area (Å²) >= 11 is 0. The number of aromatic carboxylic acids is 1. The number of furan rings is 1. The molecule has 5 nitrogen and oxygen atoms in total. The van der Waals surface area contributed by atoms with Crippen LogP contribution in [-0.4, -0.2) is 21.0 Å². The van der Waals surface area contributed by atoms with Gasteiger partial charge in [-0.25, -0.2) is 14.8 Å². The van der Waals surface area contributed by atoms with Gasteiger partial charge in [-0.1, -0.05) is 0 Å². The molecule has 0 spiro atoms. The lowest BCUT2D eigenvalue weighted by atomic mass is 10.2. The van der Waals surface area contributed by atoms with Crippen molar-refractivity contribution in [1.82, 2.24) is 9.97 Å². The smallest absolute Gasteiger partial charge is 0.354 e. The van der Waals surface area contributed by atoms with E-state index < -0.39 is 5.97 Å². The number of carboxylic acid groups (broad SMARTS) is 1. The van der Waals surface area contributed by atoms with E-state index in [2.05, 4.69) is 9.97 Å². The van der Waals surface area contributed by atoms with E-state index in [1.807, 2.05) is 12.1 Å². The lowest BCUT2D eigenvalue weighted by Gasteiger charge is -2.02. The number of aromatic nitrogens is 2. The lowest BCUT2D eigenvalue weighted by Crippen LogP contribution is -2.06. The monoisotopic (exact) mass is 232 g/mol. The Morgan fingerprint density at radius 2 is 2.24 bits per heavy atom. The molecule has 0 aromatic carbocycles. The zero-order valence-corrected chi connectivity index (χ0v) is 9.38. The largest absolute Gasteiger partial charge is 0.477 e. The Morgan fingerprint density at radius 3 is 2.88 bits per heavy atom. The zero-order valence-electron chi connectivity index (χ0n) is 9.38. The molecule has 2 rings (SSSR count). The van der Waals surface area contributed by atoms with Gasteiger partial charge in [0, 0.05) is 12.1 Å². The quantitative estimate of drug-likeness (QED) is 0.870. The number of rotatable bonds is 4. The molecule has 17 heavy (non-hydrogen) atoms. The highest BCUT2D eigenvalue weighted by molar-refractivity contribution is 5.85. The maximum absolute atomic E-state index is 10.8. The van der Waals surface area contributed by atoms with Gasteiger partial charge in [-0.05, 0) is 31.5 Å². The lowest BCUT2D eigenvalue weighted by molar-refractivity contribution is 0.0689. The second kappa shape index (κ2) is 4.78. The van der Waals surface area contributed by atoms with Crippen LogP contribution in [0, 0.1) is 6.92 Å². The number of carbonyl (C=O) groups is 1. The third-order valence-electron chi connectivity index (χ3n) is 2.32. The molecular formula is C12H12N2O3. The van der Waals surface area contributed by atoms with Crippen LogP contribution >= 0.6 is 0 Å². The Morgan fingerprint density at radius 1 is 1.41 bits per heavy atom. The molecule has 5 heteroatoms. The average Bonchev–Trinajstić information content (AvgIpc) is 2.78. The van der Waals surface area contributed by atoms with E-state index >= 15 is 0 Å². The van der Waals surface area contributed by atoms with Crippen molar-refractivity contribution in [3.63, 3.8) is 0 Å². The van der Waals surface area contributed by atoms with Crippen LogP contribution in [-0.2, 0) is 12.8 Å². The molecular weight excluding hydrogens is 220 g/mol. The van der Waals surface area contributed by atoms with Gasteiger partial charge in [0.2, 0.25) is 0 Å². The van der Waals surface area contributed by atoms with Crippen LogP contribution in [0.1, 0.15) is 27.8 Å². The number of hydrogen-bond donors (Lipinski definition) is 1. The first-order chi connectivity index (χ1) is 8.15. The first-order valence-corrected chi connectivity index (χ1v) is 5.25. The van der Waals surface area contributed by atoms with Crippen molar-refractivity contribution < 1.29 is 14.3 Å². The Labute approximate surface area is 98.1 Å². The summed E-state index contributed by atoms with van der Waals surface area (Å²) in [6, 6.07) is 5.20. The summed E-state index contributed by atoms with van der Waals surface area (Å²) in [6.45, 7) is 1.68. The van der Waals surface area contributed by atoms with Gasteiger partial charge in [0.05, 0.1) is 6.26 Å². The Balaban J connectivity index is 2.13. The number of hydrogen-bond acceptors (Lipinski definition) is 4. The molecule has 0 atom stereocenters. The van der Waals surface area contributed by atoms with Crippen molar-refractivity contribution in [2.75, 3.05) is 0 Å². The van der Waals surface area contributed by atoms with Crippen LogP contribution < -0.4 is 0 Å². The SMILES string of the molecule is Cc1nc(CCc2ccco2)cc(C(=O)O)n1. The molecule has 0 saturated carbocycles. The summed E-state index contributed by atoms with van der Waals surface area (Å²) in [7, 11) is 0. The molecule has 0 amide bonds. The summed E-state index contributed by atoms with van der Waals surface area (Å²) in [5.74, 6) is 0.298. The van der Waals surface area contributed by atoms with Crippen molar-refractivity contribution in [1.29, 1.82) is 0 Å². The van der Waals surface area contributed by atoms with Gasteiger partial charge in [-0.3, -0.25) is 0 Å². The second-order valence-electron chi connectivity index (χ2n) is 3.68. The highest BCUT2D eigenvalue weighted by Crippen LogP contribution is 2.08. The minimum Gasteiger partial charge on any atom is -0.477 e. The van der Waals surface area contributed by atoms with E-state index in [1.165, 1.54) is 6.07 Å². The normalized spacial score (nSPS) is 10.4. The van der Waals surface area contributed by atoms with E-state index in [4.69, 9.17) is 9.52 Å². The number of nitrogens with zero attached hydrogens (tertiary/aromatic N) is 2. The fourth-order valence-electron chi connectivity index (χ4n) is 1.57. The molecule has 2 heterocycles. The predicted octanol–water partition coefficient (Wildman–Crippen LogP) is 1.86. The number of aryl methyl sites for hydroxylation is 3. The molecule has 0 saturated heterocycles. The minimum atomic E-state index is -1.03. The van der Waals surface area contributed by atoms with E-state index in [-0.39, 0.29) is 5.69 Å². The van der Waals surface area contributed by atoms with E-state index in [0.717, 1.165) is 5.76 Å². The average molecular weight is 232 g/mol. The van der Waals surface area contributed by atoms with Gasteiger partial charge >= 0.3 is 5.97 Å². The van der Waals surface area contributed by atoms with Crippen LogP contribution in [0.3, 0.4) is 0 Å². The highest BCUT2D eigenvalue weighted by atomic mass is 16.4. The van der Waals surface area contributed by atoms with Crippen LogP contribution in [0.5, 0.6) is 0 Å². The molecule has 88 valence electrons. The van der Waals surface area contributed by atoms with E-state index in [9.17, 15) is 4.79 Å². The van der Waals surface area contributed by atoms with Crippen LogP contribution in [0.15, 0.2) is 28.9 Å². The summed E-state index contributed by atoms with van der Waals surface area (Å²) in [5, 5.41) is 8.88. The Kier molecular flexibility index (Phi) is 3.18. The summed E-state index contributed by atoms with van der Waals surface area (Å²) < 4.78 is 5.20. The van der Waals surface area contributed by atoms with Crippen molar-refractivity contribution in [2.45, 2.75) is 19.8 Å². The van der Waals surface area contributed by atoms with Gasteiger partial charge in [0.25, 0.3) is 0 Å². The van der Waals surface area contributed by atoms with Gasteiger partial charge in [0.15, 0.2) is 5.69 Å². The standard InChI is InChI=1S/C12H12N2O3/c1-8-13-9(7-11(14-8)12(15)16)4-5-10-3-2-6-17-10/h2-3,6-7H,4-5H2,1H3,(H,15,16). The Bertz CT molecular complexity index is 521. The number of carboxylic acids is 1. The molecule has 0 aliphatic carbocycles. The fourth-order valence-corrected chi connectivity index (χ4v) is 1.57. The molecule has 1 N–H and O–H groups in total. The fraction of sp³-hybridized carbons (Fsp3) is 0.250. The maximum atomic E-state index is 10.8. The van der Waals surface area contributed by atoms with Crippen LogP contribution in [0.4, 0.5) is 0 Å². The maximum Gasteiger partial charge on any atom is 0.354 e. The molecule has 0 aliphatic rings. The molecule has 0 bridgehead atoms.